The van der Waals surface area contributed by atoms with Crippen molar-refractivity contribution < 1.29 is 4.74 Å². The summed E-state index contributed by atoms with van der Waals surface area (Å²) >= 11 is 0. The zero-order chi connectivity index (χ0) is 14.0. The Bertz CT molecular complexity index is 423. The Kier molecular flexibility index (Phi) is 4.20. The van der Waals surface area contributed by atoms with Crippen LogP contribution in [0.5, 0.6) is 5.75 Å². The first-order chi connectivity index (χ1) is 9.02. The number of hydrogen-bond donors (Lipinski definition) is 1. The van der Waals surface area contributed by atoms with Gasteiger partial charge in [-0.25, -0.2) is 0 Å². The molecule has 19 heavy (non-hydrogen) atoms. The average molecular weight is 263 g/mol. The highest BCUT2D eigenvalue weighted by atomic mass is 16.5. The monoisotopic (exact) mass is 263 g/mol. The van der Waals surface area contributed by atoms with Crippen LogP contribution in [0.4, 0.5) is 11.4 Å². The molecule has 1 heterocycles. The summed E-state index contributed by atoms with van der Waals surface area (Å²) in [6.07, 6.45) is 0. The Balaban J connectivity index is 2.20. The quantitative estimate of drug-likeness (QED) is 0.849. The zero-order valence-electron chi connectivity index (χ0n) is 12.4. The minimum Gasteiger partial charge on any atom is -0.492 e. The van der Waals surface area contributed by atoms with E-state index in [1.807, 2.05) is 13.0 Å². The predicted molar refractivity (Wildman–Crippen MR) is 80.9 cm³/mol. The Hall–Kier alpha value is -1.42. The largest absolute Gasteiger partial charge is 0.492 e. The Morgan fingerprint density at radius 1 is 1.26 bits per heavy atom. The van der Waals surface area contributed by atoms with Crippen LogP contribution in [0.2, 0.25) is 0 Å². The molecule has 2 atom stereocenters. The van der Waals surface area contributed by atoms with E-state index in [4.69, 9.17) is 10.5 Å². The third kappa shape index (κ3) is 2.95. The summed E-state index contributed by atoms with van der Waals surface area (Å²) in [6.45, 7) is 9.23. The maximum absolute atomic E-state index is 5.93. The van der Waals surface area contributed by atoms with Crippen molar-refractivity contribution in [2.75, 3.05) is 37.4 Å². The number of benzene rings is 1. The number of nitrogens with zero attached hydrogens (tertiary/aromatic N) is 2. The maximum atomic E-state index is 5.93. The van der Waals surface area contributed by atoms with E-state index in [0.717, 1.165) is 18.8 Å². The van der Waals surface area contributed by atoms with E-state index in [1.165, 1.54) is 5.69 Å². The van der Waals surface area contributed by atoms with Crippen molar-refractivity contribution in [1.82, 2.24) is 4.90 Å². The lowest BCUT2D eigenvalue weighted by molar-refractivity contribution is 0.170. The van der Waals surface area contributed by atoms with E-state index in [9.17, 15) is 0 Å². The summed E-state index contributed by atoms with van der Waals surface area (Å²) in [4.78, 5) is 4.84. The number of piperazine rings is 1. The van der Waals surface area contributed by atoms with E-state index in [0.29, 0.717) is 24.4 Å². The van der Waals surface area contributed by atoms with Gasteiger partial charge in [0, 0.05) is 36.9 Å². The van der Waals surface area contributed by atoms with Crippen LogP contribution in [-0.4, -0.2) is 43.7 Å². The van der Waals surface area contributed by atoms with Crippen LogP contribution < -0.4 is 15.4 Å². The summed E-state index contributed by atoms with van der Waals surface area (Å²) in [5.74, 6) is 0.791. The molecule has 4 nitrogen and oxygen atoms in total. The van der Waals surface area contributed by atoms with Crippen molar-refractivity contribution >= 4 is 11.4 Å². The molecule has 0 aliphatic carbocycles. The van der Waals surface area contributed by atoms with Gasteiger partial charge in [0.15, 0.2) is 0 Å². The summed E-state index contributed by atoms with van der Waals surface area (Å²) < 4.78 is 5.58. The van der Waals surface area contributed by atoms with Gasteiger partial charge in [0.1, 0.15) is 5.75 Å². The van der Waals surface area contributed by atoms with Crippen LogP contribution >= 0.6 is 0 Å². The molecule has 0 bridgehead atoms. The number of nitrogens with two attached hydrogens (primary N) is 1. The van der Waals surface area contributed by atoms with E-state index >= 15 is 0 Å². The van der Waals surface area contributed by atoms with Gasteiger partial charge in [-0.1, -0.05) is 0 Å². The van der Waals surface area contributed by atoms with Gasteiger partial charge in [0.05, 0.1) is 12.3 Å². The van der Waals surface area contributed by atoms with E-state index < -0.39 is 0 Å². The van der Waals surface area contributed by atoms with Gasteiger partial charge < -0.3 is 15.4 Å². The summed E-state index contributed by atoms with van der Waals surface area (Å²) in [5.41, 5.74) is 7.84. The highest BCUT2D eigenvalue weighted by molar-refractivity contribution is 5.62. The molecule has 1 saturated heterocycles. The Morgan fingerprint density at radius 3 is 2.47 bits per heavy atom. The second kappa shape index (κ2) is 5.70. The normalized spacial score (nSPS) is 24.5. The van der Waals surface area contributed by atoms with Crippen molar-refractivity contribution in [3.05, 3.63) is 18.2 Å². The first-order valence-corrected chi connectivity index (χ1v) is 7.02. The fourth-order valence-corrected chi connectivity index (χ4v) is 2.62. The van der Waals surface area contributed by atoms with Gasteiger partial charge in [-0.2, -0.15) is 0 Å². The molecule has 2 rings (SSSR count). The Morgan fingerprint density at radius 2 is 1.89 bits per heavy atom. The molecule has 0 spiro atoms. The van der Waals surface area contributed by atoms with Crippen LogP contribution in [0.15, 0.2) is 18.2 Å². The number of hydrogen-bond acceptors (Lipinski definition) is 4. The van der Waals surface area contributed by atoms with Crippen molar-refractivity contribution in [1.29, 1.82) is 0 Å². The van der Waals surface area contributed by atoms with Crippen LogP contribution in [-0.2, 0) is 0 Å². The molecule has 2 unspecified atom stereocenters. The van der Waals surface area contributed by atoms with Gasteiger partial charge in [-0.15, -0.1) is 0 Å². The molecule has 1 aromatic carbocycles. The lowest BCUT2D eigenvalue weighted by atomic mass is 10.1. The topological polar surface area (TPSA) is 41.7 Å². The van der Waals surface area contributed by atoms with E-state index in [-0.39, 0.29) is 0 Å². The summed E-state index contributed by atoms with van der Waals surface area (Å²) in [7, 11) is 2.20. The van der Waals surface area contributed by atoms with Crippen molar-refractivity contribution in [3.63, 3.8) is 0 Å². The van der Waals surface area contributed by atoms with Crippen LogP contribution in [0, 0.1) is 0 Å². The Labute approximate surface area is 116 Å². The fourth-order valence-electron chi connectivity index (χ4n) is 2.62. The third-order valence-corrected chi connectivity index (χ3v) is 4.02. The number of likely N-dealkylation sites (N-methyl/N-ethyl adjacent to an activating group) is 1. The second-order valence-electron chi connectivity index (χ2n) is 5.42. The third-order valence-electron chi connectivity index (χ3n) is 4.02. The minimum absolute atomic E-state index is 0.553. The smallest absolute Gasteiger partial charge is 0.144 e. The van der Waals surface area contributed by atoms with Crippen LogP contribution in [0.25, 0.3) is 0 Å². The molecule has 106 valence electrons. The number of anilines is 2. The SMILES string of the molecule is CCOc1cc(N2CC(C)N(C)C(C)C2)ccc1N. The van der Waals surface area contributed by atoms with Gasteiger partial charge in [-0.3, -0.25) is 4.90 Å². The number of ether oxygens (including phenoxy) is 1. The number of rotatable bonds is 3. The molecule has 4 heteroatoms. The highest BCUT2D eigenvalue weighted by Gasteiger charge is 2.26. The molecule has 1 fully saturated rings. The van der Waals surface area contributed by atoms with Crippen LogP contribution in [0.1, 0.15) is 20.8 Å². The lowest BCUT2D eigenvalue weighted by Crippen LogP contribution is -2.55. The molecule has 0 saturated carbocycles. The molecular formula is C15H25N3O. The summed E-state index contributed by atoms with van der Waals surface area (Å²) in [5, 5.41) is 0. The van der Waals surface area contributed by atoms with Crippen molar-refractivity contribution in [3.8, 4) is 5.75 Å². The van der Waals surface area contributed by atoms with Gasteiger partial charge >= 0.3 is 0 Å². The van der Waals surface area contributed by atoms with E-state index in [1.54, 1.807) is 0 Å². The standard InChI is InChI=1S/C15H25N3O/c1-5-19-15-8-13(6-7-14(15)16)18-9-11(2)17(4)12(3)10-18/h6-8,11-12H,5,9-10,16H2,1-4H3. The highest BCUT2D eigenvalue weighted by Crippen LogP contribution is 2.29. The van der Waals surface area contributed by atoms with E-state index in [2.05, 4.69) is 42.8 Å². The molecule has 1 aliphatic heterocycles. The fraction of sp³-hybridized carbons (Fsp3) is 0.600. The predicted octanol–water partition coefficient (Wildman–Crippen LogP) is 2.20. The van der Waals surface area contributed by atoms with Gasteiger partial charge in [0.2, 0.25) is 0 Å². The van der Waals surface area contributed by atoms with Gasteiger partial charge in [-0.05, 0) is 40.0 Å². The molecule has 0 amide bonds. The lowest BCUT2D eigenvalue weighted by Gasteiger charge is -2.43. The molecule has 1 aromatic rings. The maximum Gasteiger partial charge on any atom is 0.144 e. The van der Waals surface area contributed by atoms with Crippen molar-refractivity contribution in [2.24, 2.45) is 0 Å². The van der Waals surface area contributed by atoms with Crippen LogP contribution in [0.3, 0.4) is 0 Å². The minimum atomic E-state index is 0.553. The average Bonchev–Trinajstić information content (AvgIpc) is 2.38. The molecule has 1 aliphatic rings. The van der Waals surface area contributed by atoms with Gasteiger partial charge in [0.25, 0.3) is 0 Å². The number of nitrogen functional groups attached to an aromatic ring is 1. The second-order valence-corrected chi connectivity index (χ2v) is 5.42. The first kappa shape index (κ1) is 14.0. The molecule has 2 N–H and O–H groups in total. The molecular weight excluding hydrogens is 238 g/mol. The van der Waals surface area contributed by atoms with Crippen molar-refractivity contribution in [2.45, 2.75) is 32.9 Å². The zero-order valence-corrected chi connectivity index (χ0v) is 12.4. The summed E-state index contributed by atoms with van der Waals surface area (Å²) in [6, 6.07) is 7.19. The first-order valence-electron chi connectivity index (χ1n) is 7.02. The molecule has 0 aromatic heterocycles. The molecule has 0 radical (unpaired) electrons.